The van der Waals surface area contributed by atoms with Crippen LogP contribution in [0.25, 0.3) is 0 Å². The molecule has 0 saturated heterocycles. The molecule has 0 radical (unpaired) electrons. The number of amides is 1. The second kappa shape index (κ2) is 9.01. The molecule has 4 N–H and O–H groups in total. The lowest BCUT2D eigenvalue weighted by molar-refractivity contribution is 0.0602. The van der Waals surface area contributed by atoms with Crippen molar-refractivity contribution in [1.29, 1.82) is 0 Å². The summed E-state index contributed by atoms with van der Waals surface area (Å²) < 4.78 is 11.3. The first-order valence-electron chi connectivity index (χ1n) is 8.85. The highest BCUT2D eigenvalue weighted by Crippen LogP contribution is 2.28. The number of aromatic carboxylic acids is 1. The van der Waals surface area contributed by atoms with Crippen LogP contribution in [0.15, 0.2) is 42.9 Å². The van der Waals surface area contributed by atoms with E-state index in [2.05, 4.69) is 25.5 Å². The van der Waals surface area contributed by atoms with Crippen LogP contribution in [0.4, 0.5) is 5.82 Å². The van der Waals surface area contributed by atoms with E-state index in [1.165, 1.54) is 24.4 Å². The summed E-state index contributed by atoms with van der Waals surface area (Å²) >= 11 is 0. The van der Waals surface area contributed by atoms with Gasteiger partial charge in [-0.2, -0.15) is 5.10 Å². The van der Waals surface area contributed by atoms with E-state index in [4.69, 9.17) is 14.6 Å². The van der Waals surface area contributed by atoms with Crippen molar-refractivity contribution in [2.75, 3.05) is 5.32 Å². The van der Waals surface area contributed by atoms with E-state index in [1.54, 1.807) is 19.9 Å². The van der Waals surface area contributed by atoms with Gasteiger partial charge in [-0.15, -0.1) is 0 Å². The fraction of sp³-hybridized carbons (Fsp3) is 0.211. The van der Waals surface area contributed by atoms with Crippen molar-refractivity contribution in [2.45, 2.75) is 26.1 Å². The average molecular weight is 413 g/mol. The molecule has 0 fully saturated rings. The highest BCUT2D eigenvalue weighted by Gasteiger charge is 2.16. The van der Waals surface area contributed by atoms with Crippen molar-refractivity contribution >= 4 is 17.7 Å². The van der Waals surface area contributed by atoms with E-state index in [0.717, 1.165) is 12.4 Å². The summed E-state index contributed by atoms with van der Waals surface area (Å²) in [5.41, 5.74) is -0.0187. The third kappa shape index (κ3) is 5.29. The van der Waals surface area contributed by atoms with Crippen molar-refractivity contribution in [3.8, 4) is 17.4 Å². The van der Waals surface area contributed by atoms with Crippen LogP contribution in [0.2, 0.25) is 0 Å². The Balaban J connectivity index is 1.88. The van der Waals surface area contributed by atoms with Crippen LogP contribution in [0.3, 0.4) is 0 Å². The zero-order valence-corrected chi connectivity index (χ0v) is 16.1. The Bertz CT molecular complexity index is 1020. The molecule has 2 aromatic heterocycles. The second-order valence-electron chi connectivity index (χ2n) is 6.33. The molecular weight excluding hydrogens is 394 g/mol. The highest BCUT2D eigenvalue weighted by atomic mass is 16.5. The number of aromatic amines is 1. The van der Waals surface area contributed by atoms with Gasteiger partial charge in [0.2, 0.25) is 5.88 Å². The molecule has 1 amide bonds. The molecule has 2 heterocycles. The number of H-pyrrole nitrogens is 1. The number of hydrogen-bond donors (Lipinski definition) is 4. The van der Waals surface area contributed by atoms with Crippen LogP contribution in [-0.4, -0.2) is 54.5 Å². The van der Waals surface area contributed by atoms with Gasteiger partial charge in [-0.3, -0.25) is 9.89 Å². The minimum absolute atomic E-state index is 0.0284. The first-order chi connectivity index (χ1) is 14.3. The molecule has 11 heteroatoms. The number of hydrogen-bond acceptors (Lipinski definition) is 8. The lowest BCUT2D eigenvalue weighted by Crippen LogP contribution is -2.25. The number of benzene rings is 1. The minimum atomic E-state index is -1.21. The maximum Gasteiger partial charge on any atom is 0.356 e. The van der Waals surface area contributed by atoms with Crippen molar-refractivity contribution in [3.63, 3.8) is 0 Å². The predicted molar refractivity (Wildman–Crippen MR) is 104 cm³/mol. The number of ether oxygens (including phenoxy) is 2. The molecular formula is C19H19N5O6. The summed E-state index contributed by atoms with van der Waals surface area (Å²) in [6.45, 7) is 3.26. The zero-order valence-electron chi connectivity index (χ0n) is 16.1. The molecule has 156 valence electrons. The van der Waals surface area contributed by atoms with E-state index in [-0.39, 0.29) is 28.6 Å². The first kappa shape index (κ1) is 20.7. The smallest absolute Gasteiger partial charge is 0.356 e. The van der Waals surface area contributed by atoms with Gasteiger partial charge in [0.15, 0.2) is 5.69 Å². The SMILES string of the molecule is CC(O)C(C)Oc1cc(Oc2cnc(C(=O)O)cn2)cc(C(=O)Nc2ccn[nH]2)c1. The number of carboxylic acid groups (broad SMARTS) is 1. The second-order valence-corrected chi connectivity index (χ2v) is 6.33. The van der Waals surface area contributed by atoms with Gasteiger partial charge in [0, 0.05) is 17.7 Å². The van der Waals surface area contributed by atoms with Crippen LogP contribution in [0.1, 0.15) is 34.7 Å². The number of rotatable bonds is 8. The number of anilines is 1. The van der Waals surface area contributed by atoms with Gasteiger partial charge in [0.05, 0.1) is 24.7 Å². The normalized spacial score (nSPS) is 12.6. The Labute approximate surface area is 170 Å². The molecule has 0 aliphatic heterocycles. The number of carboxylic acids is 1. The summed E-state index contributed by atoms with van der Waals surface area (Å²) in [6.07, 6.45) is 2.41. The Morgan fingerprint density at radius 2 is 1.90 bits per heavy atom. The Kier molecular flexibility index (Phi) is 6.23. The Morgan fingerprint density at radius 3 is 2.50 bits per heavy atom. The number of carbonyl (C=O) groups is 2. The molecule has 0 bridgehead atoms. The average Bonchev–Trinajstić information content (AvgIpc) is 3.21. The van der Waals surface area contributed by atoms with Crippen LogP contribution in [0, 0.1) is 0 Å². The summed E-state index contributed by atoms with van der Waals surface area (Å²) in [4.78, 5) is 31.1. The summed E-state index contributed by atoms with van der Waals surface area (Å²) in [5.74, 6) is -0.744. The van der Waals surface area contributed by atoms with Crippen LogP contribution >= 0.6 is 0 Å². The predicted octanol–water partition coefficient (Wildman–Crippen LogP) is 2.09. The quantitative estimate of drug-likeness (QED) is 0.433. The van der Waals surface area contributed by atoms with Gasteiger partial charge in [0.1, 0.15) is 23.4 Å². The number of nitrogens with zero attached hydrogens (tertiary/aromatic N) is 3. The summed E-state index contributed by atoms with van der Waals surface area (Å²) in [6, 6.07) is 6.05. The first-order valence-corrected chi connectivity index (χ1v) is 8.85. The van der Waals surface area contributed by atoms with Gasteiger partial charge in [0.25, 0.3) is 5.91 Å². The molecule has 11 nitrogen and oxygen atoms in total. The molecule has 2 unspecified atom stereocenters. The third-order valence-electron chi connectivity index (χ3n) is 3.96. The lowest BCUT2D eigenvalue weighted by Gasteiger charge is -2.18. The van der Waals surface area contributed by atoms with E-state index >= 15 is 0 Å². The third-order valence-corrected chi connectivity index (χ3v) is 3.96. The van der Waals surface area contributed by atoms with Crippen molar-refractivity contribution in [1.82, 2.24) is 20.2 Å². The molecule has 0 aliphatic carbocycles. The molecule has 3 aromatic rings. The van der Waals surface area contributed by atoms with Crippen molar-refractivity contribution in [2.24, 2.45) is 0 Å². The number of nitrogens with one attached hydrogen (secondary N) is 2. The molecule has 0 saturated carbocycles. The van der Waals surface area contributed by atoms with Gasteiger partial charge >= 0.3 is 5.97 Å². The Hall–Kier alpha value is -3.99. The molecule has 0 aliphatic rings. The Morgan fingerprint density at radius 1 is 1.13 bits per heavy atom. The van der Waals surface area contributed by atoms with E-state index in [0.29, 0.717) is 5.82 Å². The molecule has 3 rings (SSSR count). The van der Waals surface area contributed by atoms with Crippen LogP contribution < -0.4 is 14.8 Å². The largest absolute Gasteiger partial charge is 0.488 e. The van der Waals surface area contributed by atoms with Crippen LogP contribution in [-0.2, 0) is 0 Å². The zero-order chi connectivity index (χ0) is 21.7. The molecule has 1 aromatic carbocycles. The van der Waals surface area contributed by atoms with Crippen molar-refractivity contribution in [3.05, 3.63) is 54.1 Å². The fourth-order valence-electron chi connectivity index (χ4n) is 2.26. The van der Waals surface area contributed by atoms with E-state index < -0.39 is 24.1 Å². The standard InChI is InChI=1S/C19H19N5O6/c1-10(25)11(2)29-13-5-12(18(26)23-16-3-4-22-24-16)6-14(7-13)30-17-9-20-15(8-21-17)19(27)28/h3-11,25H,1-2H3,(H,27,28)(H2,22,23,24,26). The van der Waals surface area contributed by atoms with Crippen LogP contribution in [0.5, 0.6) is 17.4 Å². The van der Waals surface area contributed by atoms with Gasteiger partial charge in [-0.1, -0.05) is 0 Å². The van der Waals surface area contributed by atoms with Crippen molar-refractivity contribution < 1.29 is 29.3 Å². The lowest BCUT2D eigenvalue weighted by atomic mass is 10.1. The maximum absolute atomic E-state index is 12.6. The van der Waals surface area contributed by atoms with Gasteiger partial charge in [-0.25, -0.2) is 14.8 Å². The van der Waals surface area contributed by atoms with E-state index in [9.17, 15) is 14.7 Å². The topological polar surface area (TPSA) is 160 Å². The number of aliphatic hydroxyl groups is 1. The van der Waals surface area contributed by atoms with Gasteiger partial charge in [-0.05, 0) is 26.0 Å². The molecule has 2 atom stereocenters. The highest BCUT2D eigenvalue weighted by molar-refractivity contribution is 6.04. The maximum atomic E-state index is 12.6. The number of aromatic nitrogens is 4. The van der Waals surface area contributed by atoms with Gasteiger partial charge < -0.3 is 25.0 Å². The summed E-state index contributed by atoms with van der Waals surface area (Å²) in [5, 5.41) is 27.6. The summed E-state index contributed by atoms with van der Waals surface area (Å²) in [7, 11) is 0. The fourth-order valence-corrected chi connectivity index (χ4v) is 2.26. The van der Waals surface area contributed by atoms with E-state index in [1.807, 2.05) is 0 Å². The number of carbonyl (C=O) groups excluding carboxylic acids is 1. The monoisotopic (exact) mass is 413 g/mol. The number of aliphatic hydroxyl groups excluding tert-OH is 1. The molecule has 0 spiro atoms. The minimum Gasteiger partial charge on any atom is -0.488 e. The molecule has 30 heavy (non-hydrogen) atoms.